The van der Waals surface area contributed by atoms with Crippen molar-refractivity contribution < 1.29 is 18.3 Å². The number of hydrogen-bond acceptors (Lipinski definition) is 4. The Bertz CT molecular complexity index is 815. The molecule has 0 aliphatic heterocycles. The van der Waals surface area contributed by atoms with Crippen LogP contribution >= 0.6 is 23.2 Å². The number of nitrogens with zero attached hydrogens (tertiary/aromatic N) is 2. The lowest BCUT2D eigenvalue weighted by molar-refractivity contribution is 0.0697. The molecule has 0 atom stereocenters. The van der Waals surface area contributed by atoms with Crippen molar-refractivity contribution in [3.63, 3.8) is 0 Å². The first kappa shape index (κ1) is 15.8. The Morgan fingerprint density at radius 1 is 1.38 bits per heavy atom. The minimum absolute atomic E-state index is 0.0124. The van der Waals surface area contributed by atoms with E-state index in [0.717, 1.165) is 12.1 Å². The van der Waals surface area contributed by atoms with Crippen LogP contribution in [0.3, 0.4) is 0 Å². The Hall–Kier alpha value is -1.57. The first-order valence-corrected chi connectivity index (χ1v) is 8.04. The molecular weight excluding hydrogens is 339 g/mol. The zero-order valence-corrected chi connectivity index (χ0v) is 13.1. The van der Waals surface area contributed by atoms with Crippen molar-refractivity contribution in [1.82, 2.24) is 9.78 Å². The fourth-order valence-electron chi connectivity index (χ4n) is 1.79. The van der Waals surface area contributed by atoms with E-state index < -0.39 is 15.8 Å². The Kier molecular flexibility index (Phi) is 4.27. The SMILES string of the molecule is Cn1cc(CS(=O)(=O)c2cc(Cl)cc(C(=O)O)c2Cl)cn1. The van der Waals surface area contributed by atoms with E-state index in [4.69, 9.17) is 28.3 Å². The summed E-state index contributed by atoms with van der Waals surface area (Å²) in [5.41, 5.74) is 0.111. The normalized spacial score (nSPS) is 11.6. The van der Waals surface area contributed by atoms with E-state index in [9.17, 15) is 13.2 Å². The van der Waals surface area contributed by atoms with Gasteiger partial charge in [-0.15, -0.1) is 0 Å². The van der Waals surface area contributed by atoms with Crippen molar-refractivity contribution in [2.45, 2.75) is 10.6 Å². The Balaban J connectivity index is 2.52. The van der Waals surface area contributed by atoms with Crippen LogP contribution in [0.15, 0.2) is 29.4 Å². The third-order valence-electron chi connectivity index (χ3n) is 2.68. The van der Waals surface area contributed by atoms with Crippen LogP contribution in [0.4, 0.5) is 0 Å². The number of benzene rings is 1. The van der Waals surface area contributed by atoms with E-state index in [0.29, 0.717) is 5.56 Å². The Morgan fingerprint density at radius 2 is 2.05 bits per heavy atom. The van der Waals surface area contributed by atoms with Crippen LogP contribution in [0.5, 0.6) is 0 Å². The minimum Gasteiger partial charge on any atom is -0.478 e. The van der Waals surface area contributed by atoms with Crippen molar-refractivity contribution in [3.05, 3.63) is 45.7 Å². The number of hydrogen-bond donors (Lipinski definition) is 1. The summed E-state index contributed by atoms with van der Waals surface area (Å²) in [5.74, 6) is -1.69. The van der Waals surface area contributed by atoms with Crippen LogP contribution in [0.1, 0.15) is 15.9 Å². The molecule has 1 heterocycles. The van der Waals surface area contributed by atoms with Crippen molar-refractivity contribution >= 4 is 39.0 Å². The number of sulfone groups is 1. The molecule has 21 heavy (non-hydrogen) atoms. The van der Waals surface area contributed by atoms with Crippen molar-refractivity contribution in [3.8, 4) is 0 Å². The molecule has 1 N–H and O–H groups in total. The van der Waals surface area contributed by atoms with Crippen LogP contribution in [-0.4, -0.2) is 29.3 Å². The molecule has 0 fully saturated rings. The number of aromatic carboxylic acids is 1. The zero-order valence-electron chi connectivity index (χ0n) is 10.7. The fraction of sp³-hybridized carbons (Fsp3) is 0.167. The van der Waals surface area contributed by atoms with Gasteiger partial charge in [0.2, 0.25) is 0 Å². The van der Waals surface area contributed by atoms with Crippen LogP contribution in [-0.2, 0) is 22.6 Å². The van der Waals surface area contributed by atoms with Crippen LogP contribution in [0, 0.1) is 0 Å². The van der Waals surface area contributed by atoms with Crippen LogP contribution < -0.4 is 0 Å². The molecule has 0 saturated heterocycles. The molecule has 0 aliphatic carbocycles. The number of carbonyl (C=O) groups is 1. The molecule has 0 bridgehead atoms. The maximum absolute atomic E-state index is 12.4. The molecule has 0 aliphatic rings. The molecule has 1 aromatic carbocycles. The van der Waals surface area contributed by atoms with Gasteiger partial charge >= 0.3 is 5.97 Å². The van der Waals surface area contributed by atoms with Crippen molar-refractivity contribution in [2.24, 2.45) is 7.05 Å². The summed E-state index contributed by atoms with van der Waals surface area (Å²) in [6, 6.07) is 2.25. The fourth-order valence-corrected chi connectivity index (χ4v) is 4.05. The van der Waals surface area contributed by atoms with Crippen molar-refractivity contribution in [1.29, 1.82) is 0 Å². The summed E-state index contributed by atoms with van der Waals surface area (Å²) in [6.07, 6.45) is 2.96. The predicted octanol–water partition coefficient (Wildman–Crippen LogP) is 2.40. The summed E-state index contributed by atoms with van der Waals surface area (Å²) >= 11 is 11.7. The molecule has 1 aromatic heterocycles. The highest BCUT2D eigenvalue weighted by molar-refractivity contribution is 7.90. The first-order chi connectivity index (χ1) is 9.70. The number of halogens is 2. The standard InChI is InChI=1S/C12H10Cl2N2O4S/c1-16-5-7(4-15-16)6-21(19,20)10-3-8(13)2-9(11(10)14)12(17)18/h2-5H,6H2,1H3,(H,17,18). The molecule has 0 saturated carbocycles. The molecule has 9 heteroatoms. The minimum atomic E-state index is -3.84. The highest BCUT2D eigenvalue weighted by Gasteiger charge is 2.24. The molecule has 0 radical (unpaired) electrons. The van der Waals surface area contributed by atoms with Crippen LogP contribution in [0.2, 0.25) is 10.0 Å². The molecule has 112 valence electrons. The average molecular weight is 349 g/mol. The monoisotopic (exact) mass is 348 g/mol. The van der Waals surface area contributed by atoms with E-state index in [-0.39, 0.29) is 26.3 Å². The lowest BCUT2D eigenvalue weighted by Crippen LogP contribution is -2.08. The van der Waals surface area contributed by atoms with E-state index in [1.54, 1.807) is 13.2 Å². The van der Waals surface area contributed by atoms with Gasteiger partial charge in [-0.2, -0.15) is 5.10 Å². The van der Waals surface area contributed by atoms with Gasteiger partial charge in [-0.3, -0.25) is 4.68 Å². The molecular formula is C12H10Cl2N2O4S. The van der Waals surface area contributed by atoms with Gasteiger partial charge in [-0.05, 0) is 12.1 Å². The van der Waals surface area contributed by atoms with Gasteiger partial charge in [0.05, 0.1) is 27.4 Å². The summed E-state index contributed by atoms with van der Waals surface area (Å²) in [4.78, 5) is 10.8. The third-order valence-corrected chi connectivity index (χ3v) is 5.13. The largest absolute Gasteiger partial charge is 0.478 e. The maximum atomic E-state index is 12.4. The molecule has 0 spiro atoms. The van der Waals surface area contributed by atoms with Crippen LogP contribution in [0.25, 0.3) is 0 Å². The van der Waals surface area contributed by atoms with Crippen molar-refractivity contribution in [2.75, 3.05) is 0 Å². The quantitative estimate of drug-likeness (QED) is 0.916. The summed E-state index contributed by atoms with van der Waals surface area (Å²) < 4.78 is 26.2. The van der Waals surface area contributed by atoms with Gasteiger partial charge in [-0.25, -0.2) is 13.2 Å². The Labute approximate surface area is 130 Å². The van der Waals surface area contributed by atoms with E-state index >= 15 is 0 Å². The van der Waals surface area contributed by atoms with Gasteiger partial charge in [0.1, 0.15) is 0 Å². The summed E-state index contributed by atoms with van der Waals surface area (Å²) in [5, 5.41) is 12.5. The smallest absolute Gasteiger partial charge is 0.337 e. The number of aryl methyl sites for hydroxylation is 1. The van der Waals surface area contributed by atoms with Gasteiger partial charge in [0.15, 0.2) is 9.84 Å². The van der Waals surface area contributed by atoms with Gasteiger partial charge in [0, 0.05) is 23.8 Å². The maximum Gasteiger partial charge on any atom is 0.337 e. The molecule has 0 unspecified atom stereocenters. The third kappa shape index (κ3) is 3.37. The lowest BCUT2D eigenvalue weighted by atomic mass is 10.2. The number of aromatic nitrogens is 2. The molecule has 6 nitrogen and oxygen atoms in total. The van der Waals surface area contributed by atoms with Gasteiger partial charge < -0.3 is 5.11 Å². The first-order valence-electron chi connectivity index (χ1n) is 5.63. The predicted molar refractivity (Wildman–Crippen MR) is 77.5 cm³/mol. The lowest BCUT2D eigenvalue weighted by Gasteiger charge is -2.08. The number of carboxylic acid groups (broad SMARTS) is 1. The molecule has 2 rings (SSSR count). The van der Waals surface area contributed by atoms with Gasteiger partial charge in [0.25, 0.3) is 0 Å². The number of carboxylic acids is 1. The number of rotatable bonds is 4. The highest BCUT2D eigenvalue weighted by atomic mass is 35.5. The molecule has 0 amide bonds. The second-order valence-electron chi connectivity index (χ2n) is 4.35. The topological polar surface area (TPSA) is 89.3 Å². The van der Waals surface area contributed by atoms with E-state index in [2.05, 4.69) is 5.10 Å². The molecule has 2 aromatic rings. The summed E-state index contributed by atoms with van der Waals surface area (Å²) in [7, 11) is -2.18. The zero-order chi connectivity index (χ0) is 15.8. The second kappa shape index (κ2) is 5.67. The average Bonchev–Trinajstić information content (AvgIpc) is 2.76. The van der Waals surface area contributed by atoms with E-state index in [1.807, 2.05) is 0 Å². The van der Waals surface area contributed by atoms with Gasteiger partial charge in [-0.1, -0.05) is 23.2 Å². The van der Waals surface area contributed by atoms with E-state index in [1.165, 1.54) is 10.9 Å². The second-order valence-corrected chi connectivity index (χ2v) is 7.12. The highest BCUT2D eigenvalue weighted by Crippen LogP contribution is 2.31. The summed E-state index contributed by atoms with van der Waals surface area (Å²) in [6.45, 7) is 0. The Morgan fingerprint density at radius 3 is 2.57 bits per heavy atom.